The van der Waals surface area contributed by atoms with Gasteiger partial charge in [-0.3, -0.25) is 9.59 Å². The highest BCUT2D eigenvalue weighted by Gasteiger charge is 2.25. The van der Waals surface area contributed by atoms with E-state index in [2.05, 4.69) is 10.2 Å². The van der Waals surface area contributed by atoms with Crippen LogP contribution < -0.4 is 17.7 Å². The maximum Gasteiger partial charge on any atom is 0.309 e. The fraction of sp³-hybridized carbons (Fsp3) is 0.556. The summed E-state index contributed by atoms with van der Waals surface area (Å²) in [5, 5.41) is 2.93. The number of ether oxygens (including phenoxy) is 1. The molecule has 5 nitrogen and oxygen atoms in total. The molecule has 2 rings (SSSR count). The van der Waals surface area contributed by atoms with Crippen LogP contribution in [0, 0.1) is 12.8 Å². The number of amides is 1. The van der Waals surface area contributed by atoms with Crippen LogP contribution in [0.25, 0.3) is 0 Å². The van der Waals surface area contributed by atoms with E-state index in [1.807, 2.05) is 38.1 Å². The van der Waals surface area contributed by atoms with Crippen molar-refractivity contribution in [1.82, 2.24) is 4.90 Å². The van der Waals surface area contributed by atoms with E-state index in [1.165, 1.54) is 0 Å². The highest BCUT2D eigenvalue weighted by molar-refractivity contribution is 5.90. The second kappa shape index (κ2) is 10.3. The van der Waals surface area contributed by atoms with Crippen molar-refractivity contribution in [3.63, 3.8) is 0 Å². The maximum atomic E-state index is 12.0. The lowest BCUT2D eigenvalue weighted by Gasteiger charge is -2.30. The maximum absolute atomic E-state index is 12.0. The second-order valence-corrected chi connectivity index (χ2v) is 6.04. The number of rotatable bonds is 6. The molecule has 0 saturated carbocycles. The monoisotopic (exact) mass is 353 g/mol. The van der Waals surface area contributed by atoms with E-state index in [-0.39, 0.29) is 30.2 Å². The average Bonchev–Trinajstić information content (AvgIpc) is 2.54. The number of nitrogens with one attached hydrogen (secondary N) is 1. The number of likely N-dealkylation sites (tertiary alicyclic amines) is 1. The molecule has 0 atom stereocenters. The predicted octanol–water partition coefficient (Wildman–Crippen LogP) is -0.397. The summed E-state index contributed by atoms with van der Waals surface area (Å²) in [4.78, 5) is 26.0. The first-order valence-corrected chi connectivity index (χ1v) is 8.34. The van der Waals surface area contributed by atoms with Crippen LogP contribution >= 0.6 is 0 Å². The molecule has 134 valence electrons. The van der Waals surface area contributed by atoms with E-state index < -0.39 is 0 Å². The molecule has 1 saturated heterocycles. The molecule has 0 spiro atoms. The summed E-state index contributed by atoms with van der Waals surface area (Å²) in [6, 6.07) is 7.80. The van der Waals surface area contributed by atoms with E-state index in [0.717, 1.165) is 43.7 Å². The van der Waals surface area contributed by atoms with Crippen LogP contribution in [0.1, 0.15) is 31.7 Å². The van der Waals surface area contributed by atoms with Crippen LogP contribution in [-0.4, -0.2) is 43.0 Å². The van der Waals surface area contributed by atoms with Gasteiger partial charge >= 0.3 is 5.97 Å². The largest absolute Gasteiger partial charge is 1.00 e. The third-order valence-corrected chi connectivity index (χ3v) is 4.16. The fourth-order valence-electron chi connectivity index (χ4n) is 2.86. The van der Waals surface area contributed by atoms with Crippen molar-refractivity contribution in [2.24, 2.45) is 5.92 Å². The Balaban J connectivity index is 0.00000288. The Morgan fingerprint density at radius 3 is 2.62 bits per heavy atom. The highest BCUT2D eigenvalue weighted by Crippen LogP contribution is 2.19. The van der Waals surface area contributed by atoms with Crippen molar-refractivity contribution in [1.29, 1.82) is 0 Å². The molecule has 1 aliphatic rings. The Hall–Kier alpha value is -1.59. The van der Waals surface area contributed by atoms with Gasteiger partial charge in [-0.25, -0.2) is 0 Å². The van der Waals surface area contributed by atoms with E-state index in [1.54, 1.807) is 0 Å². The summed E-state index contributed by atoms with van der Waals surface area (Å²) in [6.45, 7) is 6.71. The molecular weight excluding hydrogens is 328 g/mol. The molecule has 0 unspecified atom stereocenters. The third kappa shape index (κ3) is 6.49. The number of carbonyl (C=O) groups excluding carboxylic acids is 2. The summed E-state index contributed by atoms with van der Waals surface area (Å²) in [7, 11) is 0. The molecule has 1 aromatic rings. The summed E-state index contributed by atoms with van der Waals surface area (Å²) in [5.41, 5.74) is 1.97. The topological polar surface area (TPSA) is 58.6 Å². The number of carbonyl (C=O) groups is 2. The zero-order chi connectivity index (χ0) is 16.7. The minimum Gasteiger partial charge on any atom is -1.00 e. The number of halogens is 1. The van der Waals surface area contributed by atoms with Gasteiger partial charge < -0.3 is 27.4 Å². The van der Waals surface area contributed by atoms with Gasteiger partial charge in [0.25, 0.3) is 0 Å². The van der Waals surface area contributed by atoms with E-state index >= 15 is 0 Å². The molecule has 0 aromatic heterocycles. The van der Waals surface area contributed by atoms with Crippen LogP contribution in [0.3, 0.4) is 0 Å². The molecular formula is C18H26ClN2O3-. The van der Waals surface area contributed by atoms with Gasteiger partial charge in [-0.05, 0) is 57.5 Å². The van der Waals surface area contributed by atoms with Gasteiger partial charge in [-0.15, -0.1) is 0 Å². The lowest BCUT2D eigenvalue weighted by Crippen LogP contribution is -3.00. The molecule has 24 heavy (non-hydrogen) atoms. The first-order chi connectivity index (χ1) is 11.1. The number of aryl methyl sites for hydroxylation is 1. The molecule has 6 heteroatoms. The molecule has 1 aromatic carbocycles. The summed E-state index contributed by atoms with van der Waals surface area (Å²) in [6.07, 6.45) is 2.11. The van der Waals surface area contributed by atoms with Gasteiger partial charge in [-0.1, -0.05) is 12.1 Å². The number of esters is 1. The standard InChI is InChI=1S/C18H26N2O3.ClH/c1-3-23-18(22)15-7-10-20(11-8-15)12-9-17(21)19-16-6-4-5-14(2)13-16;/h4-6,13,15H,3,7-12H2,1-2H3,(H,19,21);1H/p-1. The van der Waals surface area contributed by atoms with Gasteiger partial charge in [0, 0.05) is 18.7 Å². The Labute approximate surface area is 150 Å². The summed E-state index contributed by atoms with van der Waals surface area (Å²) in [5.74, 6) is -0.0280. The average molecular weight is 354 g/mol. The fourth-order valence-corrected chi connectivity index (χ4v) is 2.86. The number of piperidine rings is 1. The van der Waals surface area contributed by atoms with Crippen molar-refractivity contribution >= 4 is 17.6 Å². The molecule has 1 aliphatic heterocycles. The highest BCUT2D eigenvalue weighted by atomic mass is 35.5. The van der Waals surface area contributed by atoms with E-state index in [4.69, 9.17) is 4.74 Å². The minimum absolute atomic E-state index is 0. The predicted molar refractivity (Wildman–Crippen MR) is 90.2 cm³/mol. The van der Waals surface area contributed by atoms with Gasteiger partial charge in [0.1, 0.15) is 0 Å². The third-order valence-electron chi connectivity index (χ3n) is 4.16. The van der Waals surface area contributed by atoms with Crippen LogP contribution in [0.4, 0.5) is 5.69 Å². The SMILES string of the molecule is CCOC(=O)C1CCN(CCC(=O)Nc2cccc(C)c2)CC1.[Cl-]. The number of hydrogen-bond donors (Lipinski definition) is 1. The molecule has 0 bridgehead atoms. The van der Waals surface area contributed by atoms with Crippen LogP contribution in [0.15, 0.2) is 24.3 Å². The Bertz CT molecular complexity index is 543. The van der Waals surface area contributed by atoms with Crippen molar-refractivity contribution in [3.05, 3.63) is 29.8 Å². The van der Waals surface area contributed by atoms with E-state index in [0.29, 0.717) is 13.0 Å². The Morgan fingerprint density at radius 1 is 1.29 bits per heavy atom. The summed E-state index contributed by atoms with van der Waals surface area (Å²) < 4.78 is 5.07. The number of nitrogens with zero attached hydrogens (tertiary/aromatic N) is 1. The van der Waals surface area contributed by atoms with Gasteiger partial charge in [-0.2, -0.15) is 0 Å². The lowest BCUT2D eigenvalue weighted by molar-refractivity contribution is -0.149. The zero-order valence-electron chi connectivity index (χ0n) is 14.4. The summed E-state index contributed by atoms with van der Waals surface area (Å²) >= 11 is 0. The van der Waals surface area contributed by atoms with E-state index in [9.17, 15) is 9.59 Å². The van der Waals surface area contributed by atoms with Crippen LogP contribution in [0.2, 0.25) is 0 Å². The minimum atomic E-state index is -0.0793. The van der Waals surface area contributed by atoms with Crippen molar-refractivity contribution in [2.45, 2.75) is 33.1 Å². The molecule has 1 amide bonds. The zero-order valence-corrected chi connectivity index (χ0v) is 15.1. The molecule has 0 radical (unpaired) electrons. The molecule has 1 heterocycles. The van der Waals surface area contributed by atoms with Crippen LogP contribution in [0.5, 0.6) is 0 Å². The molecule has 1 fully saturated rings. The van der Waals surface area contributed by atoms with Gasteiger partial charge in [0.15, 0.2) is 0 Å². The van der Waals surface area contributed by atoms with Crippen molar-refractivity contribution in [2.75, 3.05) is 31.6 Å². The molecule has 1 N–H and O–H groups in total. The number of hydrogen-bond acceptors (Lipinski definition) is 4. The Kier molecular flexibility index (Phi) is 8.79. The second-order valence-electron chi connectivity index (χ2n) is 6.04. The number of benzene rings is 1. The van der Waals surface area contributed by atoms with Crippen molar-refractivity contribution in [3.8, 4) is 0 Å². The van der Waals surface area contributed by atoms with Gasteiger partial charge in [0.05, 0.1) is 12.5 Å². The molecule has 0 aliphatic carbocycles. The normalized spacial score (nSPS) is 15.4. The first kappa shape index (κ1) is 20.5. The first-order valence-electron chi connectivity index (χ1n) is 8.34. The number of anilines is 1. The van der Waals surface area contributed by atoms with Crippen LogP contribution in [-0.2, 0) is 14.3 Å². The quantitative estimate of drug-likeness (QED) is 0.707. The van der Waals surface area contributed by atoms with Crippen molar-refractivity contribution < 1.29 is 26.7 Å². The smallest absolute Gasteiger partial charge is 0.309 e. The van der Waals surface area contributed by atoms with Gasteiger partial charge in [0.2, 0.25) is 5.91 Å². The lowest BCUT2D eigenvalue weighted by atomic mass is 9.97. The Morgan fingerprint density at radius 2 is 2.00 bits per heavy atom.